The second-order valence-electron chi connectivity index (χ2n) is 6.33. The first-order valence-corrected chi connectivity index (χ1v) is 9.43. The molecule has 1 unspecified atom stereocenters. The largest absolute Gasteiger partial charge is 0.387 e. The lowest BCUT2D eigenvalue weighted by atomic mass is 10.1. The molecule has 0 saturated carbocycles. The maximum Gasteiger partial charge on any atom is 0.255 e. The van der Waals surface area contributed by atoms with E-state index in [9.17, 15) is 9.90 Å². The summed E-state index contributed by atoms with van der Waals surface area (Å²) in [4.78, 5) is 18.6. The second kappa shape index (κ2) is 8.71. The lowest BCUT2D eigenvalue weighted by molar-refractivity contribution is 0.0724. The first-order valence-electron chi connectivity index (χ1n) is 8.67. The van der Waals surface area contributed by atoms with Crippen molar-refractivity contribution in [2.24, 2.45) is 0 Å². The van der Waals surface area contributed by atoms with E-state index in [0.717, 1.165) is 25.9 Å². The van der Waals surface area contributed by atoms with Gasteiger partial charge in [-0.05, 0) is 31.4 Å². The minimum Gasteiger partial charge on any atom is -0.387 e. The monoisotopic (exact) mass is 393 g/mol. The van der Waals surface area contributed by atoms with Crippen molar-refractivity contribution in [3.05, 3.63) is 57.7 Å². The fourth-order valence-electron chi connectivity index (χ4n) is 3.01. The molecule has 2 N–H and O–H groups in total. The Morgan fingerprint density at radius 1 is 1.19 bits per heavy atom. The number of carbonyl (C=O) groups excluding carboxylic acids is 1. The summed E-state index contributed by atoms with van der Waals surface area (Å²) in [5.41, 5.74) is 1.11. The van der Waals surface area contributed by atoms with Gasteiger partial charge < -0.3 is 15.3 Å². The highest BCUT2D eigenvalue weighted by Crippen LogP contribution is 2.25. The van der Waals surface area contributed by atoms with E-state index in [-0.39, 0.29) is 12.5 Å². The van der Waals surface area contributed by atoms with Gasteiger partial charge in [0, 0.05) is 36.4 Å². The molecule has 1 fully saturated rings. The summed E-state index contributed by atoms with van der Waals surface area (Å²) in [6.45, 7) is 1.76. The lowest BCUT2D eigenvalue weighted by Gasteiger charge is -2.26. The molecule has 5 nitrogen and oxygen atoms in total. The average molecular weight is 394 g/mol. The van der Waals surface area contributed by atoms with E-state index in [4.69, 9.17) is 23.2 Å². The minimum atomic E-state index is -0.795. The number of anilines is 1. The molecule has 0 radical (unpaired) electrons. The summed E-state index contributed by atoms with van der Waals surface area (Å²) in [5, 5.41) is 14.1. The number of nitrogens with one attached hydrogen (secondary N) is 1. The molecule has 1 atom stereocenters. The standard InChI is InChI=1S/C19H21Cl2N3O2/c20-15-7-3-2-6-14(15)17(25)12-23-18-16(21)10-13(11-22-18)19(26)24-8-4-1-5-9-24/h2-3,6-7,10-11,17,25H,1,4-5,8-9,12H2,(H,22,23). The molecular weight excluding hydrogens is 373 g/mol. The van der Waals surface area contributed by atoms with Crippen LogP contribution in [0, 0.1) is 0 Å². The Labute approximate surface area is 162 Å². The van der Waals surface area contributed by atoms with E-state index < -0.39 is 6.10 Å². The number of amides is 1. The molecule has 0 aliphatic carbocycles. The van der Waals surface area contributed by atoms with Crippen LogP contribution in [0.15, 0.2) is 36.5 Å². The van der Waals surface area contributed by atoms with Crippen LogP contribution in [0.25, 0.3) is 0 Å². The molecule has 1 aromatic carbocycles. The first-order chi connectivity index (χ1) is 12.6. The van der Waals surface area contributed by atoms with Gasteiger partial charge in [-0.3, -0.25) is 4.79 Å². The number of pyridine rings is 1. The van der Waals surface area contributed by atoms with Crippen LogP contribution in [0.4, 0.5) is 5.82 Å². The lowest BCUT2D eigenvalue weighted by Crippen LogP contribution is -2.35. The number of hydrogen-bond acceptors (Lipinski definition) is 4. The topological polar surface area (TPSA) is 65.5 Å². The number of carbonyl (C=O) groups is 1. The molecule has 2 aromatic rings. The van der Waals surface area contributed by atoms with Crippen molar-refractivity contribution in [2.75, 3.05) is 25.0 Å². The molecule has 1 amide bonds. The normalized spacial score (nSPS) is 15.6. The van der Waals surface area contributed by atoms with Crippen LogP contribution in [0.1, 0.15) is 41.3 Å². The average Bonchev–Trinajstić information content (AvgIpc) is 2.67. The third kappa shape index (κ3) is 4.47. The molecular formula is C19H21Cl2N3O2. The van der Waals surface area contributed by atoms with Crippen molar-refractivity contribution >= 4 is 34.9 Å². The van der Waals surface area contributed by atoms with E-state index in [1.807, 2.05) is 17.0 Å². The van der Waals surface area contributed by atoms with Crippen molar-refractivity contribution in [1.82, 2.24) is 9.88 Å². The van der Waals surface area contributed by atoms with Crippen molar-refractivity contribution in [1.29, 1.82) is 0 Å². The van der Waals surface area contributed by atoms with E-state index >= 15 is 0 Å². The van der Waals surface area contributed by atoms with Crippen molar-refractivity contribution in [2.45, 2.75) is 25.4 Å². The number of aliphatic hydroxyl groups is 1. The van der Waals surface area contributed by atoms with Crippen molar-refractivity contribution < 1.29 is 9.90 Å². The molecule has 26 heavy (non-hydrogen) atoms. The molecule has 0 spiro atoms. The van der Waals surface area contributed by atoms with E-state index in [2.05, 4.69) is 10.3 Å². The van der Waals surface area contributed by atoms with Crippen LogP contribution >= 0.6 is 23.2 Å². The number of likely N-dealkylation sites (tertiary alicyclic amines) is 1. The summed E-state index contributed by atoms with van der Waals surface area (Å²) < 4.78 is 0. The van der Waals surface area contributed by atoms with Gasteiger partial charge in [-0.15, -0.1) is 0 Å². The quantitative estimate of drug-likeness (QED) is 0.799. The number of hydrogen-bond donors (Lipinski definition) is 2. The molecule has 2 heterocycles. The van der Waals surface area contributed by atoms with Gasteiger partial charge in [-0.1, -0.05) is 41.4 Å². The number of benzene rings is 1. The summed E-state index contributed by atoms with van der Waals surface area (Å²) in [7, 11) is 0. The summed E-state index contributed by atoms with van der Waals surface area (Å²) in [6.07, 6.45) is 3.96. The van der Waals surface area contributed by atoms with Gasteiger partial charge in [0.2, 0.25) is 0 Å². The number of aromatic nitrogens is 1. The molecule has 1 aromatic heterocycles. The van der Waals surface area contributed by atoms with E-state index in [1.54, 1.807) is 18.2 Å². The fourth-order valence-corrected chi connectivity index (χ4v) is 3.51. The van der Waals surface area contributed by atoms with E-state index in [1.165, 1.54) is 12.6 Å². The van der Waals surface area contributed by atoms with Crippen LogP contribution < -0.4 is 5.32 Å². The first kappa shape index (κ1) is 19.0. The van der Waals surface area contributed by atoms with E-state index in [0.29, 0.717) is 27.0 Å². The number of halogens is 2. The predicted molar refractivity (Wildman–Crippen MR) is 104 cm³/mol. The Morgan fingerprint density at radius 3 is 2.62 bits per heavy atom. The summed E-state index contributed by atoms with van der Waals surface area (Å²) >= 11 is 12.4. The molecule has 0 bridgehead atoms. The fraction of sp³-hybridized carbons (Fsp3) is 0.368. The number of nitrogens with zero attached hydrogens (tertiary/aromatic N) is 2. The van der Waals surface area contributed by atoms with Gasteiger partial charge in [0.05, 0.1) is 16.7 Å². The zero-order chi connectivity index (χ0) is 18.5. The van der Waals surface area contributed by atoms with Crippen LogP contribution in [0.3, 0.4) is 0 Å². The van der Waals surface area contributed by atoms with Gasteiger partial charge in [0.15, 0.2) is 0 Å². The molecule has 1 aliphatic heterocycles. The molecule has 3 rings (SSSR count). The summed E-state index contributed by atoms with van der Waals surface area (Å²) in [6, 6.07) is 8.74. The minimum absolute atomic E-state index is 0.0400. The van der Waals surface area contributed by atoms with Gasteiger partial charge in [0.1, 0.15) is 5.82 Å². The molecule has 1 saturated heterocycles. The highest BCUT2D eigenvalue weighted by Gasteiger charge is 2.20. The number of rotatable bonds is 5. The van der Waals surface area contributed by atoms with Crippen LogP contribution in [0.2, 0.25) is 10.0 Å². The Kier molecular flexibility index (Phi) is 6.35. The summed E-state index contributed by atoms with van der Waals surface area (Å²) in [5.74, 6) is 0.384. The van der Waals surface area contributed by atoms with Gasteiger partial charge in [-0.2, -0.15) is 0 Å². The maximum absolute atomic E-state index is 12.5. The van der Waals surface area contributed by atoms with Crippen LogP contribution in [0.5, 0.6) is 0 Å². The third-order valence-corrected chi connectivity index (χ3v) is 5.09. The predicted octanol–water partition coefficient (Wildman–Crippen LogP) is 4.16. The highest BCUT2D eigenvalue weighted by molar-refractivity contribution is 6.33. The maximum atomic E-state index is 12.5. The Morgan fingerprint density at radius 2 is 1.92 bits per heavy atom. The molecule has 7 heteroatoms. The Hall–Kier alpha value is -1.82. The SMILES string of the molecule is O=C(c1cnc(NCC(O)c2ccccc2Cl)c(Cl)c1)N1CCCCC1. The van der Waals surface area contributed by atoms with Crippen molar-refractivity contribution in [3.63, 3.8) is 0 Å². The zero-order valence-electron chi connectivity index (χ0n) is 14.3. The highest BCUT2D eigenvalue weighted by atomic mass is 35.5. The van der Waals surface area contributed by atoms with Gasteiger partial charge in [0.25, 0.3) is 5.91 Å². The third-order valence-electron chi connectivity index (χ3n) is 4.46. The number of piperidine rings is 1. The second-order valence-corrected chi connectivity index (χ2v) is 7.14. The van der Waals surface area contributed by atoms with Crippen LogP contribution in [-0.2, 0) is 0 Å². The smallest absolute Gasteiger partial charge is 0.255 e. The van der Waals surface area contributed by atoms with Crippen molar-refractivity contribution in [3.8, 4) is 0 Å². The van der Waals surface area contributed by atoms with Gasteiger partial charge >= 0.3 is 0 Å². The Balaban J connectivity index is 1.64. The number of aliphatic hydroxyl groups excluding tert-OH is 1. The molecule has 138 valence electrons. The molecule has 1 aliphatic rings. The Bertz CT molecular complexity index is 779. The van der Waals surface area contributed by atoms with Gasteiger partial charge in [-0.25, -0.2) is 4.98 Å². The van der Waals surface area contributed by atoms with Crippen LogP contribution in [-0.4, -0.2) is 40.5 Å². The zero-order valence-corrected chi connectivity index (χ0v) is 15.8.